The largest absolute Gasteiger partial charge is 0.379 e. The Morgan fingerprint density at radius 3 is 2.95 bits per heavy atom. The first kappa shape index (κ1) is 14.8. The van der Waals surface area contributed by atoms with Gasteiger partial charge in [-0.2, -0.15) is 0 Å². The summed E-state index contributed by atoms with van der Waals surface area (Å²) >= 11 is 1.50. The van der Waals surface area contributed by atoms with Gasteiger partial charge in [-0.05, 0) is 37.6 Å². The van der Waals surface area contributed by atoms with Crippen molar-refractivity contribution >= 4 is 28.4 Å². The molecule has 3 N–H and O–H groups in total. The molecule has 1 aromatic carbocycles. The summed E-state index contributed by atoms with van der Waals surface area (Å²) < 4.78 is 14.3. The van der Waals surface area contributed by atoms with Gasteiger partial charge in [0.15, 0.2) is 5.17 Å². The Morgan fingerprint density at radius 1 is 1.36 bits per heavy atom. The number of hydrogen-bond acceptors (Lipinski definition) is 6. The highest BCUT2D eigenvalue weighted by Crippen LogP contribution is 2.37. The van der Waals surface area contributed by atoms with Crippen molar-refractivity contribution in [1.29, 1.82) is 0 Å². The lowest BCUT2D eigenvalue weighted by molar-refractivity contribution is 0.450. The van der Waals surface area contributed by atoms with Gasteiger partial charge in [-0.25, -0.2) is 14.4 Å². The normalized spacial score (nSPS) is 21.3. The summed E-state index contributed by atoms with van der Waals surface area (Å²) in [5, 5.41) is 3.64. The van der Waals surface area contributed by atoms with Gasteiger partial charge in [0.05, 0.1) is 5.54 Å². The van der Waals surface area contributed by atoms with Gasteiger partial charge in [0, 0.05) is 23.2 Å². The lowest BCUT2D eigenvalue weighted by Crippen LogP contribution is -2.29. The first-order chi connectivity index (χ1) is 10.6. The third-order valence-electron chi connectivity index (χ3n) is 3.60. The Kier molecular flexibility index (Phi) is 3.98. The first-order valence-electron chi connectivity index (χ1n) is 6.88. The van der Waals surface area contributed by atoms with Gasteiger partial charge < -0.3 is 11.1 Å². The molecule has 1 aliphatic rings. The molecule has 0 radical (unpaired) electrons. The van der Waals surface area contributed by atoms with E-state index in [2.05, 4.69) is 20.3 Å². The molecule has 22 heavy (non-hydrogen) atoms. The molecular formula is C15H16FN5S. The summed E-state index contributed by atoms with van der Waals surface area (Å²) in [5.41, 5.74) is 6.47. The van der Waals surface area contributed by atoms with E-state index < -0.39 is 5.54 Å². The van der Waals surface area contributed by atoms with Crippen molar-refractivity contribution in [3.05, 3.63) is 48.2 Å². The molecule has 0 amide bonds. The molecule has 0 unspecified atom stereocenters. The van der Waals surface area contributed by atoms with Crippen molar-refractivity contribution in [3.8, 4) is 0 Å². The van der Waals surface area contributed by atoms with Crippen molar-refractivity contribution < 1.29 is 4.39 Å². The Hall–Kier alpha value is -2.15. The molecule has 5 nitrogen and oxygen atoms in total. The number of halogens is 1. The maximum atomic E-state index is 14.3. The van der Waals surface area contributed by atoms with Gasteiger partial charge in [0.2, 0.25) is 0 Å². The molecule has 1 aromatic heterocycles. The molecule has 0 saturated carbocycles. The van der Waals surface area contributed by atoms with Crippen molar-refractivity contribution in [2.75, 3.05) is 11.1 Å². The van der Waals surface area contributed by atoms with Crippen molar-refractivity contribution in [1.82, 2.24) is 9.97 Å². The summed E-state index contributed by atoms with van der Waals surface area (Å²) in [6, 6.07) is 6.63. The van der Waals surface area contributed by atoms with Gasteiger partial charge in [-0.3, -0.25) is 4.99 Å². The number of amidine groups is 1. The second-order valence-electron chi connectivity index (χ2n) is 5.24. The Morgan fingerprint density at radius 2 is 2.23 bits per heavy atom. The van der Waals surface area contributed by atoms with Crippen LogP contribution in [0.15, 0.2) is 41.8 Å². The number of nitrogens with two attached hydrogens (primary N) is 1. The number of nitrogens with one attached hydrogen (secondary N) is 1. The summed E-state index contributed by atoms with van der Waals surface area (Å²) in [7, 11) is 0. The van der Waals surface area contributed by atoms with Crippen LogP contribution in [-0.4, -0.2) is 20.9 Å². The zero-order chi connectivity index (χ0) is 15.6. The number of aromatic nitrogens is 2. The molecule has 0 fully saturated rings. The van der Waals surface area contributed by atoms with Gasteiger partial charge in [0.25, 0.3) is 0 Å². The van der Waals surface area contributed by atoms with E-state index in [-0.39, 0.29) is 5.82 Å². The maximum Gasteiger partial charge on any atom is 0.154 e. The van der Waals surface area contributed by atoms with E-state index in [1.165, 1.54) is 24.2 Å². The first-order valence-corrected chi connectivity index (χ1v) is 7.87. The number of thioether (sulfide) groups is 1. The van der Waals surface area contributed by atoms with Crippen LogP contribution in [0.2, 0.25) is 0 Å². The summed E-state index contributed by atoms with van der Waals surface area (Å²) in [4.78, 5) is 12.4. The van der Waals surface area contributed by atoms with Crippen molar-refractivity contribution in [2.24, 2.45) is 10.7 Å². The fraction of sp³-hybridized carbons (Fsp3) is 0.267. The molecule has 0 bridgehead atoms. The van der Waals surface area contributed by atoms with Gasteiger partial charge in [0.1, 0.15) is 18.0 Å². The molecular weight excluding hydrogens is 301 g/mol. The van der Waals surface area contributed by atoms with Crippen LogP contribution in [0.4, 0.5) is 15.9 Å². The Balaban J connectivity index is 1.95. The zero-order valence-electron chi connectivity index (χ0n) is 12.1. The van der Waals surface area contributed by atoms with Crippen LogP contribution < -0.4 is 11.1 Å². The monoisotopic (exact) mass is 317 g/mol. The van der Waals surface area contributed by atoms with Crippen LogP contribution in [0.25, 0.3) is 0 Å². The average molecular weight is 317 g/mol. The third-order valence-corrected chi connectivity index (χ3v) is 4.39. The van der Waals surface area contributed by atoms with E-state index in [9.17, 15) is 4.39 Å². The number of anilines is 2. The minimum absolute atomic E-state index is 0.279. The molecule has 0 aliphatic carbocycles. The summed E-state index contributed by atoms with van der Waals surface area (Å²) in [6.07, 6.45) is 3.84. The van der Waals surface area contributed by atoms with E-state index in [4.69, 9.17) is 5.73 Å². The molecule has 114 valence electrons. The van der Waals surface area contributed by atoms with Crippen molar-refractivity contribution in [3.63, 3.8) is 0 Å². The number of benzene rings is 1. The number of hydrogen-bond donors (Lipinski definition) is 2. The maximum absolute atomic E-state index is 14.3. The number of aliphatic imine (C=N–C) groups is 1. The molecule has 2 aromatic rings. The van der Waals surface area contributed by atoms with Crippen LogP contribution in [-0.2, 0) is 5.54 Å². The van der Waals surface area contributed by atoms with Gasteiger partial charge in [-0.1, -0.05) is 11.8 Å². The standard InChI is InChI=1S/C15H16FN5S/c1-15(5-7-22-14(17)21-15)11-8-10(2-3-12(11)16)20-13-4-6-18-9-19-13/h2-4,6,8-9H,5,7H2,1H3,(H2,17,21)(H,18,19,20)/t15-/m0/s1. The zero-order valence-corrected chi connectivity index (χ0v) is 12.9. The van der Waals surface area contributed by atoms with Crippen LogP contribution in [0.5, 0.6) is 0 Å². The topological polar surface area (TPSA) is 76.2 Å². The highest BCUT2D eigenvalue weighted by molar-refractivity contribution is 8.13. The number of rotatable bonds is 3. The smallest absolute Gasteiger partial charge is 0.154 e. The quantitative estimate of drug-likeness (QED) is 0.910. The SMILES string of the molecule is C[C@@]1(c2cc(Nc3ccncn3)ccc2F)CCSC(N)=N1. The average Bonchev–Trinajstić information content (AvgIpc) is 2.50. The van der Waals surface area contributed by atoms with Crippen molar-refractivity contribution in [2.45, 2.75) is 18.9 Å². The number of nitrogens with zero attached hydrogens (tertiary/aromatic N) is 3. The molecule has 0 spiro atoms. The summed E-state index contributed by atoms with van der Waals surface area (Å²) in [6.45, 7) is 1.91. The predicted molar refractivity (Wildman–Crippen MR) is 87.8 cm³/mol. The van der Waals surface area contributed by atoms with E-state index in [0.29, 0.717) is 16.5 Å². The fourth-order valence-electron chi connectivity index (χ4n) is 2.41. The third kappa shape index (κ3) is 3.04. The Bertz CT molecular complexity index is 706. The van der Waals surface area contributed by atoms with Crippen LogP contribution in [0, 0.1) is 5.82 Å². The molecule has 7 heteroatoms. The van der Waals surface area contributed by atoms with E-state index in [1.807, 2.05) is 6.92 Å². The van der Waals surface area contributed by atoms with E-state index >= 15 is 0 Å². The highest BCUT2D eigenvalue weighted by Gasteiger charge is 2.32. The Labute approximate surface area is 132 Å². The fourth-order valence-corrected chi connectivity index (χ4v) is 3.38. The second kappa shape index (κ2) is 5.92. The van der Waals surface area contributed by atoms with Gasteiger partial charge >= 0.3 is 0 Å². The van der Waals surface area contributed by atoms with Crippen LogP contribution in [0.3, 0.4) is 0 Å². The second-order valence-corrected chi connectivity index (χ2v) is 6.35. The molecule has 1 atom stereocenters. The lowest BCUT2D eigenvalue weighted by Gasteiger charge is -2.30. The van der Waals surface area contributed by atoms with Crippen LogP contribution in [0.1, 0.15) is 18.9 Å². The summed E-state index contributed by atoms with van der Waals surface area (Å²) in [5.74, 6) is 1.20. The highest BCUT2D eigenvalue weighted by atomic mass is 32.2. The lowest BCUT2D eigenvalue weighted by atomic mass is 9.89. The van der Waals surface area contributed by atoms with E-state index in [0.717, 1.165) is 17.9 Å². The minimum Gasteiger partial charge on any atom is -0.379 e. The molecule has 0 saturated heterocycles. The minimum atomic E-state index is -0.636. The molecule has 2 heterocycles. The van der Waals surface area contributed by atoms with Crippen LogP contribution >= 0.6 is 11.8 Å². The van der Waals surface area contributed by atoms with E-state index in [1.54, 1.807) is 24.4 Å². The molecule has 1 aliphatic heterocycles. The molecule has 3 rings (SSSR count). The predicted octanol–water partition coefficient (Wildman–Crippen LogP) is 3.03. The van der Waals surface area contributed by atoms with Gasteiger partial charge in [-0.15, -0.1) is 0 Å².